The summed E-state index contributed by atoms with van der Waals surface area (Å²) in [5.41, 5.74) is 2.32. The second-order valence-corrected chi connectivity index (χ2v) is 5.85. The maximum atomic E-state index is 11.1. The molecule has 0 aromatic heterocycles. The van der Waals surface area contributed by atoms with Crippen molar-refractivity contribution < 1.29 is 14.6 Å². The van der Waals surface area contributed by atoms with Crippen molar-refractivity contribution in [2.45, 2.75) is 26.4 Å². The number of aromatic carboxylic acids is 1. The number of hydrogen-bond acceptors (Lipinski definition) is 2. The minimum atomic E-state index is -0.922. The van der Waals surface area contributed by atoms with Crippen LogP contribution in [0.5, 0.6) is 5.75 Å². The molecule has 0 atom stereocenters. The lowest BCUT2D eigenvalue weighted by Gasteiger charge is -2.13. The highest BCUT2D eigenvalue weighted by atomic mass is 16.5. The number of carboxylic acids is 1. The topological polar surface area (TPSA) is 46.5 Å². The first-order chi connectivity index (χ1) is 11.7. The molecular weight excluding hydrogens is 300 g/mol. The van der Waals surface area contributed by atoms with Gasteiger partial charge in [0.25, 0.3) is 0 Å². The molecule has 0 spiro atoms. The number of fused-ring (bicyclic) bond motifs is 1. The van der Waals surface area contributed by atoms with Gasteiger partial charge in [0.2, 0.25) is 0 Å². The Morgan fingerprint density at radius 2 is 1.75 bits per heavy atom. The van der Waals surface area contributed by atoms with Gasteiger partial charge in [-0.1, -0.05) is 49.7 Å². The van der Waals surface area contributed by atoms with Gasteiger partial charge in [-0.3, -0.25) is 0 Å². The van der Waals surface area contributed by atoms with Crippen molar-refractivity contribution in [3.63, 3.8) is 0 Å². The number of ether oxygens (including phenoxy) is 1. The van der Waals surface area contributed by atoms with Crippen molar-refractivity contribution in [1.29, 1.82) is 0 Å². The Balaban J connectivity index is 1.87. The van der Waals surface area contributed by atoms with E-state index >= 15 is 0 Å². The molecule has 0 heterocycles. The summed E-state index contributed by atoms with van der Waals surface area (Å²) in [6.45, 7) is 2.51. The van der Waals surface area contributed by atoms with Gasteiger partial charge in [-0.25, -0.2) is 4.79 Å². The van der Waals surface area contributed by atoms with Gasteiger partial charge in [0.1, 0.15) is 12.4 Å². The first-order valence-corrected chi connectivity index (χ1v) is 8.14. The number of carbonyl (C=O) groups is 1. The van der Waals surface area contributed by atoms with E-state index in [0.717, 1.165) is 29.5 Å². The summed E-state index contributed by atoms with van der Waals surface area (Å²) in [5, 5.41) is 11.4. The van der Waals surface area contributed by atoms with Crippen LogP contribution in [-0.2, 0) is 13.0 Å². The third-order valence-electron chi connectivity index (χ3n) is 4.02. The summed E-state index contributed by atoms with van der Waals surface area (Å²) < 4.78 is 6.03. The molecule has 3 nitrogen and oxygen atoms in total. The zero-order valence-corrected chi connectivity index (χ0v) is 13.7. The Morgan fingerprint density at radius 1 is 1.00 bits per heavy atom. The molecule has 1 N–H and O–H groups in total. The highest BCUT2D eigenvalue weighted by molar-refractivity contribution is 5.87. The van der Waals surface area contributed by atoms with E-state index in [2.05, 4.69) is 31.2 Å². The van der Waals surface area contributed by atoms with Gasteiger partial charge in [-0.15, -0.1) is 0 Å². The van der Waals surface area contributed by atoms with Gasteiger partial charge >= 0.3 is 5.97 Å². The molecule has 3 rings (SSSR count). The van der Waals surface area contributed by atoms with Crippen LogP contribution in [0.2, 0.25) is 0 Å². The lowest BCUT2D eigenvalue weighted by molar-refractivity contribution is 0.0696. The average molecular weight is 320 g/mol. The molecule has 122 valence electrons. The molecule has 3 heteroatoms. The van der Waals surface area contributed by atoms with Crippen molar-refractivity contribution in [2.75, 3.05) is 0 Å². The van der Waals surface area contributed by atoms with Gasteiger partial charge in [0, 0.05) is 0 Å². The third-order valence-corrected chi connectivity index (χ3v) is 4.02. The van der Waals surface area contributed by atoms with Crippen LogP contribution in [0.25, 0.3) is 10.8 Å². The maximum Gasteiger partial charge on any atom is 0.335 e. The van der Waals surface area contributed by atoms with Crippen molar-refractivity contribution in [1.82, 2.24) is 0 Å². The van der Waals surface area contributed by atoms with E-state index < -0.39 is 5.97 Å². The van der Waals surface area contributed by atoms with Crippen molar-refractivity contribution in [2.24, 2.45) is 0 Å². The molecule has 0 unspecified atom stereocenters. The molecule has 0 bridgehead atoms. The smallest absolute Gasteiger partial charge is 0.335 e. The second-order valence-electron chi connectivity index (χ2n) is 5.85. The van der Waals surface area contributed by atoms with Gasteiger partial charge in [0.05, 0.1) is 5.56 Å². The zero-order chi connectivity index (χ0) is 16.9. The lowest BCUT2D eigenvalue weighted by Crippen LogP contribution is -2.02. The van der Waals surface area contributed by atoms with Gasteiger partial charge in [-0.05, 0) is 52.6 Å². The van der Waals surface area contributed by atoms with E-state index in [1.54, 1.807) is 18.2 Å². The van der Waals surface area contributed by atoms with Crippen molar-refractivity contribution >= 4 is 16.7 Å². The number of rotatable bonds is 6. The first-order valence-electron chi connectivity index (χ1n) is 8.14. The van der Waals surface area contributed by atoms with Crippen LogP contribution in [-0.4, -0.2) is 11.1 Å². The summed E-state index contributed by atoms with van der Waals surface area (Å²) in [6.07, 6.45) is 2.00. The molecular formula is C21H20O3. The Morgan fingerprint density at radius 3 is 2.46 bits per heavy atom. The van der Waals surface area contributed by atoms with Crippen LogP contribution in [0, 0.1) is 0 Å². The molecule has 3 aromatic carbocycles. The second kappa shape index (κ2) is 7.18. The monoisotopic (exact) mass is 320 g/mol. The van der Waals surface area contributed by atoms with Crippen LogP contribution in [0.15, 0.2) is 60.7 Å². The van der Waals surface area contributed by atoms with Gasteiger partial charge in [-0.2, -0.15) is 0 Å². The third kappa shape index (κ3) is 3.57. The summed E-state index contributed by atoms with van der Waals surface area (Å²) >= 11 is 0. The molecule has 24 heavy (non-hydrogen) atoms. The quantitative estimate of drug-likeness (QED) is 0.690. The van der Waals surface area contributed by atoms with Crippen molar-refractivity contribution in [3.8, 4) is 5.75 Å². The number of aryl methyl sites for hydroxylation is 1. The number of carboxylic acid groups (broad SMARTS) is 1. The molecule has 0 aliphatic carbocycles. The molecule has 3 aromatic rings. The molecule has 0 aliphatic heterocycles. The van der Waals surface area contributed by atoms with E-state index in [1.807, 2.05) is 18.2 Å². The highest BCUT2D eigenvalue weighted by Crippen LogP contribution is 2.28. The average Bonchev–Trinajstić information content (AvgIpc) is 2.60. The van der Waals surface area contributed by atoms with Crippen LogP contribution in [0.3, 0.4) is 0 Å². The van der Waals surface area contributed by atoms with Crippen LogP contribution in [0.4, 0.5) is 0 Å². The van der Waals surface area contributed by atoms with E-state index in [0.29, 0.717) is 6.61 Å². The van der Waals surface area contributed by atoms with E-state index in [9.17, 15) is 4.79 Å². The minimum Gasteiger partial charge on any atom is -0.489 e. The molecule has 0 saturated heterocycles. The fourth-order valence-electron chi connectivity index (χ4n) is 2.82. The fourth-order valence-corrected chi connectivity index (χ4v) is 2.82. The number of hydrogen-bond donors (Lipinski definition) is 1. The molecule has 0 saturated carbocycles. The molecule has 0 amide bonds. The maximum absolute atomic E-state index is 11.1. The zero-order valence-electron chi connectivity index (χ0n) is 13.7. The van der Waals surface area contributed by atoms with Crippen LogP contribution >= 0.6 is 0 Å². The summed E-state index contributed by atoms with van der Waals surface area (Å²) in [7, 11) is 0. The SMILES string of the molecule is CCCc1cc2ccccc2cc1OCc1cccc(C(=O)O)c1. The summed E-state index contributed by atoms with van der Waals surface area (Å²) in [5.74, 6) is -0.0505. The Kier molecular flexibility index (Phi) is 4.80. The van der Waals surface area contributed by atoms with Crippen LogP contribution < -0.4 is 4.74 Å². The summed E-state index contributed by atoms with van der Waals surface area (Å²) in [6, 6.07) is 19.4. The summed E-state index contributed by atoms with van der Waals surface area (Å²) in [4.78, 5) is 11.1. The minimum absolute atomic E-state index is 0.281. The Bertz CT molecular complexity index is 868. The molecule has 0 radical (unpaired) electrons. The highest BCUT2D eigenvalue weighted by Gasteiger charge is 2.08. The Labute approximate surface area is 141 Å². The Hall–Kier alpha value is -2.81. The normalized spacial score (nSPS) is 10.7. The fraction of sp³-hybridized carbons (Fsp3) is 0.190. The van der Waals surface area contributed by atoms with Gasteiger partial charge in [0.15, 0.2) is 0 Å². The lowest BCUT2D eigenvalue weighted by atomic mass is 10.0. The van der Waals surface area contributed by atoms with Crippen LogP contribution in [0.1, 0.15) is 34.8 Å². The van der Waals surface area contributed by atoms with Crippen molar-refractivity contribution in [3.05, 3.63) is 77.4 Å². The van der Waals surface area contributed by atoms with E-state index in [4.69, 9.17) is 9.84 Å². The van der Waals surface area contributed by atoms with Gasteiger partial charge < -0.3 is 9.84 Å². The van der Waals surface area contributed by atoms with E-state index in [1.165, 1.54) is 10.9 Å². The molecule has 0 fully saturated rings. The predicted molar refractivity (Wildman–Crippen MR) is 95.7 cm³/mol. The number of benzene rings is 3. The van der Waals surface area contributed by atoms with E-state index in [-0.39, 0.29) is 5.56 Å². The first kappa shape index (κ1) is 16.1. The largest absolute Gasteiger partial charge is 0.489 e. The predicted octanol–water partition coefficient (Wildman–Crippen LogP) is 5.07. The molecule has 0 aliphatic rings. The standard InChI is InChI=1S/C21H20O3/c1-2-6-18-12-16-8-3-4-9-17(16)13-20(18)24-14-15-7-5-10-19(11-15)21(22)23/h3-5,7-13H,2,6,14H2,1H3,(H,22,23).